The topological polar surface area (TPSA) is 95.9 Å². The minimum Gasteiger partial charge on any atom is -0.466 e. The van der Waals surface area contributed by atoms with Crippen LogP contribution in [0.4, 0.5) is 0 Å². The monoisotopic (exact) mass is 930 g/mol. The van der Waals surface area contributed by atoms with Crippen molar-refractivity contribution < 1.29 is 24.5 Å². The second-order valence-corrected chi connectivity index (χ2v) is 20.3. The quantitative estimate of drug-likeness (QED) is 0.0321. The molecule has 0 bridgehead atoms. The van der Waals surface area contributed by atoms with Crippen LogP contribution in [0.2, 0.25) is 0 Å². The molecule has 0 aromatic heterocycles. The summed E-state index contributed by atoms with van der Waals surface area (Å²) in [7, 11) is 0. The molecule has 0 saturated carbocycles. The highest BCUT2D eigenvalue weighted by Crippen LogP contribution is 2.17. The average molecular weight is 931 g/mol. The van der Waals surface area contributed by atoms with Gasteiger partial charge in [-0.2, -0.15) is 0 Å². The zero-order chi connectivity index (χ0) is 47.9. The number of ether oxygens (including phenoxy) is 1. The van der Waals surface area contributed by atoms with Crippen LogP contribution in [0.25, 0.3) is 0 Å². The summed E-state index contributed by atoms with van der Waals surface area (Å²) in [6.07, 6.45) is 67.8. The summed E-state index contributed by atoms with van der Waals surface area (Å²) in [4.78, 5) is 24.5. The van der Waals surface area contributed by atoms with Crippen molar-refractivity contribution in [2.45, 2.75) is 334 Å². The number of amides is 1. The van der Waals surface area contributed by atoms with E-state index in [4.69, 9.17) is 4.74 Å². The molecule has 66 heavy (non-hydrogen) atoms. The zero-order valence-corrected chi connectivity index (χ0v) is 44.4. The van der Waals surface area contributed by atoms with Crippen LogP contribution in [-0.4, -0.2) is 47.4 Å². The Labute approximate surface area is 411 Å². The summed E-state index contributed by atoms with van der Waals surface area (Å²) in [5.41, 5.74) is 0. The highest BCUT2D eigenvalue weighted by molar-refractivity contribution is 5.76. The highest BCUT2D eigenvalue weighted by atomic mass is 16.5. The van der Waals surface area contributed by atoms with Gasteiger partial charge < -0.3 is 20.3 Å². The molecular weight excluding hydrogens is 815 g/mol. The average Bonchev–Trinajstić information content (AvgIpc) is 3.32. The van der Waals surface area contributed by atoms with Crippen LogP contribution in [0.3, 0.4) is 0 Å². The number of aliphatic hydroxyl groups is 2. The van der Waals surface area contributed by atoms with Gasteiger partial charge in [-0.25, -0.2) is 0 Å². The van der Waals surface area contributed by atoms with Crippen LogP contribution in [0, 0.1) is 0 Å². The molecular formula is C60H115NO5. The van der Waals surface area contributed by atoms with Crippen LogP contribution in [-0.2, 0) is 14.3 Å². The van der Waals surface area contributed by atoms with Gasteiger partial charge in [-0.3, -0.25) is 9.59 Å². The van der Waals surface area contributed by atoms with E-state index in [1.165, 1.54) is 250 Å². The van der Waals surface area contributed by atoms with E-state index in [2.05, 4.69) is 31.3 Å². The Morgan fingerprint density at radius 1 is 0.409 bits per heavy atom. The summed E-state index contributed by atoms with van der Waals surface area (Å²) < 4.78 is 5.49. The van der Waals surface area contributed by atoms with Crippen LogP contribution < -0.4 is 5.32 Å². The molecule has 0 aromatic rings. The van der Waals surface area contributed by atoms with E-state index in [1.54, 1.807) is 6.08 Å². The molecule has 2 unspecified atom stereocenters. The summed E-state index contributed by atoms with van der Waals surface area (Å²) in [6, 6.07) is -0.631. The molecule has 0 fully saturated rings. The van der Waals surface area contributed by atoms with E-state index in [0.29, 0.717) is 19.4 Å². The molecule has 3 N–H and O–H groups in total. The van der Waals surface area contributed by atoms with Crippen LogP contribution >= 0.6 is 0 Å². The normalized spacial score (nSPS) is 12.7. The maximum atomic E-state index is 12.4. The summed E-state index contributed by atoms with van der Waals surface area (Å²) in [5, 5.41) is 23.0. The van der Waals surface area contributed by atoms with Crippen molar-refractivity contribution in [2.75, 3.05) is 13.2 Å². The minimum atomic E-state index is -0.847. The van der Waals surface area contributed by atoms with Gasteiger partial charge in [0.05, 0.1) is 25.4 Å². The first-order chi connectivity index (χ1) is 32.5. The number of aliphatic hydroxyl groups excluding tert-OH is 2. The first-order valence-electron chi connectivity index (χ1n) is 29.6. The van der Waals surface area contributed by atoms with E-state index in [-0.39, 0.29) is 18.5 Å². The third-order valence-electron chi connectivity index (χ3n) is 13.7. The molecule has 0 radical (unpaired) electrons. The van der Waals surface area contributed by atoms with E-state index < -0.39 is 12.1 Å². The molecule has 1 amide bonds. The van der Waals surface area contributed by atoms with Gasteiger partial charge in [0.25, 0.3) is 0 Å². The Morgan fingerprint density at radius 3 is 1.08 bits per heavy atom. The van der Waals surface area contributed by atoms with Crippen LogP contribution in [0.1, 0.15) is 322 Å². The second-order valence-electron chi connectivity index (χ2n) is 20.3. The largest absolute Gasteiger partial charge is 0.466 e. The number of rotatable bonds is 55. The molecule has 0 aliphatic heterocycles. The number of esters is 1. The summed E-state index contributed by atoms with van der Waals surface area (Å²) in [6.45, 7) is 4.90. The summed E-state index contributed by atoms with van der Waals surface area (Å²) in [5.74, 6) is -0.0628. The van der Waals surface area contributed by atoms with Gasteiger partial charge in [-0.1, -0.05) is 276 Å². The molecule has 0 aliphatic carbocycles. The molecule has 0 heterocycles. The molecule has 2 atom stereocenters. The standard InChI is InChI=1S/C60H115NO5/c1-3-5-7-9-11-13-15-16-17-27-30-34-38-42-46-50-54-60(65)66-55-51-47-43-39-35-31-28-25-23-21-19-18-20-22-24-26-29-33-37-41-45-49-53-59(64)61-57(56-62)58(63)52-48-44-40-36-32-14-12-10-8-6-4-2/h20,22,48,52,57-58,62-63H,3-19,21,23-47,49-51,53-56H2,1-2H3,(H,61,64)/b22-20-,52-48+. The van der Waals surface area contributed by atoms with Crippen molar-refractivity contribution in [1.82, 2.24) is 5.32 Å². The van der Waals surface area contributed by atoms with Gasteiger partial charge in [0.1, 0.15) is 0 Å². The van der Waals surface area contributed by atoms with Crippen LogP contribution in [0.15, 0.2) is 24.3 Å². The van der Waals surface area contributed by atoms with E-state index in [1.807, 2.05) is 6.08 Å². The van der Waals surface area contributed by atoms with Crippen LogP contribution in [0.5, 0.6) is 0 Å². The molecule has 0 saturated heterocycles. The number of carbonyl (C=O) groups excluding carboxylic acids is 2. The number of carbonyl (C=O) groups is 2. The fraction of sp³-hybridized carbons (Fsp3) is 0.900. The molecule has 0 spiro atoms. The van der Waals surface area contributed by atoms with Crippen molar-refractivity contribution in [2.24, 2.45) is 0 Å². The second kappa shape index (κ2) is 55.9. The maximum Gasteiger partial charge on any atom is 0.305 e. The number of hydrogen-bond donors (Lipinski definition) is 3. The first kappa shape index (κ1) is 64.3. The Kier molecular flexibility index (Phi) is 54.5. The molecule has 6 heteroatoms. The van der Waals surface area contributed by atoms with E-state index >= 15 is 0 Å². The Balaban J connectivity index is 3.40. The van der Waals surface area contributed by atoms with Crippen molar-refractivity contribution >= 4 is 11.9 Å². The minimum absolute atomic E-state index is 0.0128. The lowest BCUT2D eigenvalue weighted by molar-refractivity contribution is -0.143. The van der Waals surface area contributed by atoms with Gasteiger partial charge in [0, 0.05) is 12.8 Å². The van der Waals surface area contributed by atoms with Gasteiger partial charge in [0.15, 0.2) is 0 Å². The number of hydrogen-bond acceptors (Lipinski definition) is 5. The van der Waals surface area contributed by atoms with Crippen molar-refractivity contribution in [3.8, 4) is 0 Å². The van der Waals surface area contributed by atoms with Gasteiger partial charge in [-0.15, -0.1) is 0 Å². The van der Waals surface area contributed by atoms with E-state index in [9.17, 15) is 19.8 Å². The molecule has 0 aliphatic rings. The lowest BCUT2D eigenvalue weighted by atomic mass is 10.0. The zero-order valence-electron chi connectivity index (χ0n) is 44.4. The molecule has 390 valence electrons. The van der Waals surface area contributed by atoms with E-state index in [0.717, 1.165) is 44.9 Å². The highest BCUT2D eigenvalue weighted by Gasteiger charge is 2.18. The smallest absolute Gasteiger partial charge is 0.305 e. The molecule has 0 rings (SSSR count). The predicted molar refractivity (Wildman–Crippen MR) is 287 cm³/mol. The lowest BCUT2D eigenvalue weighted by Gasteiger charge is -2.20. The Bertz CT molecular complexity index is 1030. The summed E-state index contributed by atoms with van der Waals surface area (Å²) >= 11 is 0. The predicted octanol–water partition coefficient (Wildman–Crippen LogP) is 18.2. The fourth-order valence-electron chi connectivity index (χ4n) is 9.16. The van der Waals surface area contributed by atoms with Crippen molar-refractivity contribution in [1.29, 1.82) is 0 Å². The van der Waals surface area contributed by atoms with Crippen molar-refractivity contribution in [3.63, 3.8) is 0 Å². The van der Waals surface area contributed by atoms with Crippen molar-refractivity contribution in [3.05, 3.63) is 24.3 Å². The maximum absolute atomic E-state index is 12.4. The Hall–Kier alpha value is -1.66. The van der Waals surface area contributed by atoms with Gasteiger partial charge >= 0.3 is 5.97 Å². The Morgan fingerprint density at radius 2 is 0.712 bits per heavy atom. The number of allylic oxidation sites excluding steroid dienone is 3. The molecule has 6 nitrogen and oxygen atoms in total. The fourth-order valence-corrected chi connectivity index (χ4v) is 9.16. The van der Waals surface area contributed by atoms with Gasteiger partial charge in [-0.05, 0) is 57.8 Å². The SMILES string of the molecule is CCCCCCCCCCC/C=C/C(O)C(CO)NC(=O)CCCCCCCCC/C=C\CCCCCCCCCCCCCOC(=O)CCCCCCCCCCCCCCCCCC. The molecule has 0 aromatic carbocycles. The number of nitrogens with one attached hydrogen (secondary N) is 1. The first-order valence-corrected chi connectivity index (χ1v) is 29.6. The number of unbranched alkanes of at least 4 members (excludes halogenated alkanes) is 42. The third kappa shape index (κ3) is 51.7. The lowest BCUT2D eigenvalue weighted by Crippen LogP contribution is -2.45. The van der Waals surface area contributed by atoms with Gasteiger partial charge in [0.2, 0.25) is 5.91 Å². The third-order valence-corrected chi connectivity index (χ3v) is 13.7.